The molecule has 3 rings (SSSR count). The first-order chi connectivity index (χ1) is 9.25. The van der Waals surface area contributed by atoms with Crippen molar-refractivity contribution in [3.63, 3.8) is 0 Å². The molecule has 0 saturated carbocycles. The Bertz CT molecular complexity index is 692. The number of anilines is 2. The second-order valence-corrected chi connectivity index (χ2v) is 5.30. The maximum atomic E-state index is 6.22. The molecule has 19 heavy (non-hydrogen) atoms. The Morgan fingerprint density at radius 3 is 2.95 bits per heavy atom. The first-order valence-corrected chi connectivity index (χ1v) is 7.12. The molecule has 3 N–H and O–H groups in total. The zero-order valence-electron chi connectivity index (χ0n) is 10.6. The number of nitrogens with zero attached hydrogens (tertiary/aromatic N) is 1. The fraction of sp³-hybridized carbons (Fsp3) is 0.133. The molecule has 2 heterocycles. The van der Waals surface area contributed by atoms with Crippen molar-refractivity contribution in [3.05, 3.63) is 52.9 Å². The number of benzene rings is 1. The number of aromatic nitrogens is 1. The monoisotopic (exact) mass is 269 g/mol. The largest absolute Gasteiger partial charge is 0.397 e. The summed E-state index contributed by atoms with van der Waals surface area (Å²) in [5.74, 6) is 0. The van der Waals surface area contributed by atoms with Gasteiger partial charge in [0, 0.05) is 17.6 Å². The zero-order valence-corrected chi connectivity index (χ0v) is 11.4. The summed E-state index contributed by atoms with van der Waals surface area (Å²) in [6.45, 7) is 2.13. The van der Waals surface area contributed by atoms with Crippen LogP contribution in [0.4, 0.5) is 11.4 Å². The number of nitrogens with one attached hydrogen (secondary N) is 1. The first kappa shape index (κ1) is 12.0. The zero-order chi connectivity index (χ0) is 13.2. The predicted molar refractivity (Wildman–Crippen MR) is 82.5 cm³/mol. The third kappa shape index (κ3) is 2.27. The van der Waals surface area contributed by atoms with E-state index in [9.17, 15) is 0 Å². The van der Waals surface area contributed by atoms with Crippen LogP contribution >= 0.6 is 11.3 Å². The summed E-state index contributed by atoms with van der Waals surface area (Å²) < 4.78 is 0. The number of thiophene rings is 1. The third-order valence-corrected chi connectivity index (χ3v) is 3.94. The van der Waals surface area contributed by atoms with Crippen molar-refractivity contribution in [2.45, 2.75) is 13.0 Å². The van der Waals surface area contributed by atoms with E-state index in [2.05, 4.69) is 34.1 Å². The Labute approximate surface area is 116 Å². The minimum Gasteiger partial charge on any atom is -0.397 e. The standard InChI is InChI=1S/C15H15N3S/c1-10(11-6-8-19-9-11)18-14-5-4-13-12(15(14)16)3-2-7-17-13/h2-10,18H,16H2,1H3. The summed E-state index contributed by atoms with van der Waals surface area (Å²) >= 11 is 1.70. The molecule has 1 atom stereocenters. The fourth-order valence-corrected chi connectivity index (χ4v) is 2.89. The van der Waals surface area contributed by atoms with Crippen LogP contribution in [-0.4, -0.2) is 4.98 Å². The molecule has 0 saturated heterocycles. The van der Waals surface area contributed by atoms with Gasteiger partial charge in [0.25, 0.3) is 0 Å². The van der Waals surface area contributed by atoms with E-state index in [-0.39, 0.29) is 6.04 Å². The highest BCUT2D eigenvalue weighted by Crippen LogP contribution is 2.30. The molecule has 1 aromatic carbocycles. The van der Waals surface area contributed by atoms with Crippen LogP contribution in [0.3, 0.4) is 0 Å². The number of nitrogen functional groups attached to an aromatic ring is 1. The molecule has 0 aliphatic rings. The van der Waals surface area contributed by atoms with Crippen LogP contribution in [0, 0.1) is 0 Å². The van der Waals surface area contributed by atoms with Gasteiger partial charge in [-0.3, -0.25) is 4.98 Å². The molecular weight excluding hydrogens is 254 g/mol. The summed E-state index contributed by atoms with van der Waals surface area (Å²) in [5, 5.41) is 8.68. The molecule has 0 fully saturated rings. The molecule has 1 unspecified atom stereocenters. The summed E-state index contributed by atoms with van der Waals surface area (Å²) in [6, 6.07) is 10.3. The molecule has 0 bridgehead atoms. The molecule has 0 radical (unpaired) electrons. The van der Waals surface area contributed by atoms with E-state index in [1.807, 2.05) is 24.3 Å². The summed E-state index contributed by atoms with van der Waals surface area (Å²) in [6.07, 6.45) is 1.78. The van der Waals surface area contributed by atoms with Gasteiger partial charge in [0.05, 0.1) is 16.9 Å². The molecule has 3 aromatic rings. The minimum absolute atomic E-state index is 0.239. The van der Waals surface area contributed by atoms with Gasteiger partial charge in [-0.05, 0) is 53.6 Å². The summed E-state index contributed by atoms with van der Waals surface area (Å²) in [5.41, 5.74) is 10.1. The maximum Gasteiger partial charge on any atom is 0.0724 e. The Kier molecular flexibility index (Phi) is 3.09. The van der Waals surface area contributed by atoms with Gasteiger partial charge in [-0.2, -0.15) is 11.3 Å². The molecule has 3 nitrogen and oxygen atoms in total. The number of fused-ring (bicyclic) bond motifs is 1. The SMILES string of the molecule is CC(Nc1ccc2ncccc2c1N)c1ccsc1. The number of nitrogens with two attached hydrogens (primary N) is 1. The molecule has 0 aliphatic carbocycles. The fourth-order valence-electron chi connectivity index (χ4n) is 2.14. The summed E-state index contributed by atoms with van der Waals surface area (Å²) in [4.78, 5) is 4.31. The molecular formula is C15H15N3S. The predicted octanol–water partition coefficient (Wildman–Crippen LogP) is 4.05. The van der Waals surface area contributed by atoms with E-state index in [0.29, 0.717) is 0 Å². The van der Waals surface area contributed by atoms with E-state index in [0.717, 1.165) is 22.3 Å². The van der Waals surface area contributed by atoms with E-state index in [1.54, 1.807) is 17.5 Å². The highest BCUT2D eigenvalue weighted by molar-refractivity contribution is 7.08. The van der Waals surface area contributed by atoms with Crippen LogP contribution < -0.4 is 11.1 Å². The second-order valence-electron chi connectivity index (χ2n) is 4.52. The van der Waals surface area contributed by atoms with Crippen LogP contribution in [-0.2, 0) is 0 Å². The Balaban J connectivity index is 1.95. The van der Waals surface area contributed by atoms with Crippen LogP contribution in [0.5, 0.6) is 0 Å². The normalized spacial score (nSPS) is 12.5. The van der Waals surface area contributed by atoms with Gasteiger partial charge in [-0.1, -0.05) is 0 Å². The molecule has 0 aliphatic heterocycles. The van der Waals surface area contributed by atoms with Crippen molar-refractivity contribution in [2.24, 2.45) is 0 Å². The van der Waals surface area contributed by atoms with Gasteiger partial charge < -0.3 is 11.1 Å². The second kappa shape index (κ2) is 4.90. The van der Waals surface area contributed by atoms with Crippen molar-refractivity contribution in [1.29, 1.82) is 0 Å². The topological polar surface area (TPSA) is 50.9 Å². The van der Waals surface area contributed by atoms with Gasteiger partial charge >= 0.3 is 0 Å². The van der Waals surface area contributed by atoms with Crippen molar-refractivity contribution in [2.75, 3.05) is 11.1 Å². The first-order valence-electron chi connectivity index (χ1n) is 6.17. The van der Waals surface area contributed by atoms with E-state index in [4.69, 9.17) is 5.73 Å². The van der Waals surface area contributed by atoms with Gasteiger partial charge in [0.2, 0.25) is 0 Å². The minimum atomic E-state index is 0.239. The lowest BCUT2D eigenvalue weighted by Crippen LogP contribution is -2.07. The number of hydrogen-bond acceptors (Lipinski definition) is 4. The molecule has 0 amide bonds. The van der Waals surface area contributed by atoms with Crippen LogP contribution in [0.15, 0.2) is 47.3 Å². The van der Waals surface area contributed by atoms with Crippen molar-refractivity contribution in [3.8, 4) is 0 Å². The number of pyridine rings is 1. The van der Waals surface area contributed by atoms with E-state index in [1.165, 1.54) is 5.56 Å². The van der Waals surface area contributed by atoms with E-state index < -0.39 is 0 Å². The quantitative estimate of drug-likeness (QED) is 0.705. The van der Waals surface area contributed by atoms with Crippen LogP contribution in [0.1, 0.15) is 18.5 Å². The van der Waals surface area contributed by atoms with Crippen LogP contribution in [0.2, 0.25) is 0 Å². The third-order valence-electron chi connectivity index (χ3n) is 3.24. The van der Waals surface area contributed by atoms with Crippen molar-refractivity contribution < 1.29 is 0 Å². The Hall–Kier alpha value is -2.07. The number of hydrogen-bond donors (Lipinski definition) is 2. The Morgan fingerprint density at radius 1 is 1.26 bits per heavy atom. The van der Waals surface area contributed by atoms with Gasteiger partial charge in [-0.15, -0.1) is 0 Å². The van der Waals surface area contributed by atoms with Crippen LogP contribution in [0.25, 0.3) is 10.9 Å². The smallest absolute Gasteiger partial charge is 0.0724 e. The van der Waals surface area contributed by atoms with Gasteiger partial charge in [0.15, 0.2) is 0 Å². The lowest BCUT2D eigenvalue weighted by Gasteiger charge is -2.16. The molecule has 2 aromatic heterocycles. The highest BCUT2D eigenvalue weighted by Gasteiger charge is 2.09. The van der Waals surface area contributed by atoms with E-state index >= 15 is 0 Å². The lowest BCUT2D eigenvalue weighted by molar-refractivity contribution is 0.892. The molecule has 96 valence electrons. The van der Waals surface area contributed by atoms with Crippen molar-refractivity contribution in [1.82, 2.24) is 4.98 Å². The summed E-state index contributed by atoms with van der Waals surface area (Å²) in [7, 11) is 0. The molecule has 4 heteroatoms. The molecule has 0 spiro atoms. The average molecular weight is 269 g/mol. The Morgan fingerprint density at radius 2 is 2.16 bits per heavy atom. The number of rotatable bonds is 3. The maximum absolute atomic E-state index is 6.22. The van der Waals surface area contributed by atoms with Crippen molar-refractivity contribution >= 4 is 33.6 Å². The highest BCUT2D eigenvalue weighted by atomic mass is 32.1. The van der Waals surface area contributed by atoms with Gasteiger partial charge in [0.1, 0.15) is 0 Å². The van der Waals surface area contributed by atoms with Gasteiger partial charge in [-0.25, -0.2) is 0 Å². The lowest BCUT2D eigenvalue weighted by atomic mass is 10.1. The average Bonchev–Trinajstić information content (AvgIpc) is 2.96.